The summed E-state index contributed by atoms with van der Waals surface area (Å²) in [6, 6.07) is 24.1. The van der Waals surface area contributed by atoms with Gasteiger partial charge in [-0.15, -0.1) is 0 Å². The largest absolute Gasteiger partial charge is 0.605 e. The Bertz CT molecular complexity index is 1290. The maximum absolute atomic E-state index is 13.5. The minimum atomic E-state index is -1.46. The van der Waals surface area contributed by atoms with Crippen LogP contribution in [0.15, 0.2) is 104 Å². The van der Waals surface area contributed by atoms with Gasteiger partial charge in [0.15, 0.2) is 10.6 Å². The lowest BCUT2D eigenvalue weighted by Gasteiger charge is -2.12. The molecule has 1 atom stereocenters. The predicted octanol–water partition coefficient (Wildman–Crippen LogP) is 5.89. The average molecular weight is 442 g/mol. The molecule has 1 aromatic heterocycles. The first-order valence-electron chi connectivity index (χ1n) is 9.86. The standard InChI is InChI=1S/C25H19N3OS2/c1-16-8-11-19(12-9-16)31(29)25-23-24(26-15-27-25)30-21-13-10-17(2)14-20(21)22(28-23)18-6-4-3-5-7-18/h3-15H,1-2H3. The van der Waals surface area contributed by atoms with Crippen LogP contribution in [0.2, 0.25) is 0 Å². The number of aromatic nitrogens is 2. The van der Waals surface area contributed by atoms with Crippen LogP contribution in [-0.2, 0) is 11.2 Å². The van der Waals surface area contributed by atoms with Gasteiger partial charge in [-0.1, -0.05) is 71.4 Å². The number of hydrogen-bond donors (Lipinski definition) is 0. The van der Waals surface area contributed by atoms with Gasteiger partial charge >= 0.3 is 0 Å². The second-order valence-electron chi connectivity index (χ2n) is 7.34. The smallest absolute Gasteiger partial charge is 0.280 e. The molecule has 0 fully saturated rings. The van der Waals surface area contributed by atoms with Crippen LogP contribution >= 0.6 is 11.8 Å². The van der Waals surface area contributed by atoms with Gasteiger partial charge in [-0.3, -0.25) is 0 Å². The zero-order valence-electron chi connectivity index (χ0n) is 17.1. The lowest BCUT2D eigenvalue weighted by atomic mass is 10.0. The van der Waals surface area contributed by atoms with E-state index in [1.165, 1.54) is 18.1 Å². The molecule has 1 aliphatic rings. The van der Waals surface area contributed by atoms with Gasteiger partial charge in [0.05, 0.1) is 5.71 Å². The first-order chi connectivity index (χ1) is 15.1. The second kappa shape index (κ2) is 8.30. The predicted molar refractivity (Wildman–Crippen MR) is 125 cm³/mol. The molecule has 0 amide bonds. The number of nitrogens with zero attached hydrogens (tertiary/aromatic N) is 3. The summed E-state index contributed by atoms with van der Waals surface area (Å²) in [7, 11) is 0. The van der Waals surface area contributed by atoms with Crippen molar-refractivity contribution < 1.29 is 4.55 Å². The molecule has 6 heteroatoms. The second-order valence-corrected chi connectivity index (χ2v) is 9.77. The molecule has 0 saturated carbocycles. The van der Waals surface area contributed by atoms with Crippen molar-refractivity contribution in [2.45, 2.75) is 33.7 Å². The summed E-state index contributed by atoms with van der Waals surface area (Å²) in [5, 5.41) is 1.14. The third-order valence-electron chi connectivity index (χ3n) is 5.03. The van der Waals surface area contributed by atoms with Crippen molar-refractivity contribution in [3.8, 4) is 0 Å². The molecule has 152 valence electrons. The molecule has 0 N–H and O–H groups in total. The fourth-order valence-corrected chi connectivity index (χ4v) is 5.52. The van der Waals surface area contributed by atoms with Gasteiger partial charge in [-0.25, -0.2) is 9.98 Å². The van der Waals surface area contributed by atoms with E-state index >= 15 is 0 Å². The Morgan fingerprint density at radius 1 is 0.839 bits per heavy atom. The van der Waals surface area contributed by atoms with E-state index in [0.717, 1.165) is 32.9 Å². The van der Waals surface area contributed by atoms with Gasteiger partial charge in [-0.2, -0.15) is 4.98 Å². The molecule has 0 saturated heterocycles. The highest BCUT2D eigenvalue weighted by molar-refractivity contribution is 7.99. The highest BCUT2D eigenvalue weighted by atomic mass is 32.2. The highest BCUT2D eigenvalue weighted by Gasteiger charge is 2.28. The zero-order valence-corrected chi connectivity index (χ0v) is 18.7. The third kappa shape index (κ3) is 3.90. The Balaban J connectivity index is 1.73. The van der Waals surface area contributed by atoms with Crippen LogP contribution in [0.5, 0.6) is 0 Å². The van der Waals surface area contributed by atoms with Crippen molar-refractivity contribution in [2.24, 2.45) is 4.99 Å². The number of fused-ring (bicyclic) bond motifs is 2. The molecular weight excluding hydrogens is 422 g/mol. The number of rotatable bonds is 3. The van der Waals surface area contributed by atoms with Gasteiger partial charge < -0.3 is 4.55 Å². The van der Waals surface area contributed by atoms with Gasteiger partial charge in [0.25, 0.3) is 5.03 Å². The van der Waals surface area contributed by atoms with Crippen LogP contribution in [0.1, 0.15) is 22.3 Å². The summed E-state index contributed by atoms with van der Waals surface area (Å²) in [5.74, 6) is 0. The van der Waals surface area contributed by atoms with Crippen LogP contribution in [-0.4, -0.2) is 20.2 Å². The first-order valence-corrected chi connectivity index (χ1v) is 11.8. The van der Waals surface area contributed by atoms with E-state index in [9.17, 15) is 4.55 Å². The molecule has 3 aromatic carbocycles. The summed E-state index contributed by atoms with van der Waals surface area (Å²) in [5.41, 5.74) is 5.72. The molecule has 2 heterocycles. The molecular formula is C25H19N3OS2. The monoisotopic (exact) mass is 441 g/mol. The Morgan fingerprint density at radius 2 is 1.58 bits per heavy atom. The van der Waals surface area contributed by atoms with Gasteiger partial charge in [0.2, 0.25) is 0 Å². The molecule has 0 spiro atoms. The van der Waals surface area contributed by atoms with E-state index in [0.29, 0.717) is 20.6 Å². The Labute approximate surface area is 188 Å². The van der Waals surface area contributed by atoms with E-state index in [1.807, 2.05) is 61.5 Å². The number of hydrogen-bond acceptors (Lipinski definition) is 5. The molecule has 1 aliphatic heterocycles. The minimum Gasteiger partial charge on any atom is -0.605 e. The third-order valence-corrected chi connectivity index (χ3v) is 7.45. The Hall–Kier alpha value is -2.93. The first kappa shape index (κ1) is 20.0. The lowest BCUT2D eigenvalue weighted by molar-refractivity contribution is 0.590. The average Bonchev–Trinajstić information content (AvgIpc) is 2.96. The van der Waals surface area contributed by atoms with E-state index < -0.39 is 11.2 Å². The summed E-state index contributed by atoms with van der Waals surface area (Å²) < 4.78 is 13.5. The maximum atomic E-state index is 13.5. The number of aryl methyl sites for hydroxylation is 2. The van der Waals surface area contributed by atoms with Crippen molar-refractivity contribution in [1.29, 1.82) is 0 Å². The normalized spacial score (nSPS) is 13.6. The maximum Gasteiger partial charge on any atom is 0.280 e. The topological polar surface area (TPSA) is 61.2 Å². The van der Waals surface area contributed by atoms with Crippen molar-refractivity contribution in [3.63, 3.8) is 0 Å². The molecule has 5 rings (SSSR count). The molecule has 0 radical (unpaired) electrons. The van der Waals surface area contributed by atoms with Gasteiger partial charge in [0.1, 0.15) is 11.4 Å². The molecule has 31 heavy (non-hydrogen) atoms. The van der Waals surface area contributed by atoms with Crippen LogP contribution in [0, 0.1) is 13.8 Å². The quantitative estimate of drug-likeness (QED) is 0.259. The van der Waals surface area contributed by atoms with Crippen molar-refractivity contribution in [1.82, 2.24) is 9.97 Å². The highest BCUT2D eigenvalue weighted by Crippen LogP contribution is 2.43. The van der Waals surface area contributed by atoms with Crippen LogP contribution in [0.3, 0.4) is 0 Å². The molecule has 0 aliphatic carbocycles. The molecule has 4 aromatic rings. The summed E-state index contributed by atoms with van der Waals surface area (Å²) in [6.45, 7) is 4.08. The van der Waals surface area contributed by atoms with Crippen LogP contribution < -0.4 is 0 Å². The summed E-state index contributed by atoms with van der Waals surface area (Å²) >= 11 is 0.0748. The van der Waals surface area contributed by atoms with Crippen LogP contribution in [0.25, 0.3) is 0 Å². The fraction of sp³-hybridized carbons (Fsp3) is 0.0800. The van der Waals surface area contributed by atoms with Crippen molar-refractivity contribution in [3.05, 3.63) is 101 Å². The van der Waals surface area contributed by atoms with Gasteiger partial charge in [0, 0.05) is 27.2 Å². The van der Waals surface area contributed by atoms with E-state index in [-0.39, 0.29) is 0 Å². The zero-order chi connectivity index (χ0) is 21.4. The lowest BCUT2D eigenvalue weighted by Crippen LogP contribution is -2.07. The summed E-state index contributed by atoms with van der Waals surface area (Å²) in [4.78, 5) is 15.7. The van der Waals surface area contributed by atoms with Crippen molar-refractivity contribution in [2.75, 3.05) is 0 Å². The Kier molecular flexibility index (Phi) is 5.36. The summed E-state index contributed by atoms with van der Waals surface area (Å²) in [6.07, 6.45) is 1.48. The minimum absolute atomic E-state index is 0.430. The molecule has 0 bridgehead atoms. The Morgan fingerprint density at radius 3 is 2.35 bits per heavy atom. The fourth-order valence-electron chi connectivity index (χ4n) is 3.44. The van der Waals surface area contributed by atoms with Crippen molar-refractivity contribution >= 4 is 34.3 Å². The van der Waals surface area contributed by atoms with E-state index in [1.54, 1.807) is 0 Å². The molecule has 4 nitrogen and oxygen atoms in total. The van der Waals surface area contributed by atoms with Crippen LogP contribution in [0.4, 0.5) is 5.69 Å². The SMILES string of the molecule is Cc1ccc([S+]([O-])c2ncnc3c2N=C(c2ccccc2)c2cc(C)ccc2S3)cc1. The van der Waals surface area contributed by atoms with Gasteiger partial charge in [-0.05, 0) is 38.1 Å². The van der Waals surface area contributed by atoms with E-state index in [4.69, 9.17) is 4.99 Å². The number of benzene rings is 3. The molecule has 1 unspecified atom stereocenters. The van der Waals surface area contributed by atoms with E-state index in [2.05, 4.69) is 35.1 Å². The number of aliphatic imine (C=N–C) groups is 1.